The molecule has 1 aliphatic rings. The normalized spacial score (nSPS) is 30.4. The molecule has 0 aliphatic carbocycles. The van der Waals surface area contributed by atoms with Crippen LogP contribution in [0.3, 0.4) is 0 Å². The lowest BCUT2D eigenvalue weighted by atomic mass is 9.87. The van der Waals surface area contributed by atoms with Gasteiger partial charge in [-0.05, 0) is 59.0 Å². The van der Waals surface area contributed by atoms with E-state index in [2.05, 4.69) is 44.0 Å². The average Bonchev–Trinajstić information content (AvgIpc) is 2.32. The van der Waals surface area contributed by atoms with Gasteiger partial charge in [-0.1, -0.05) is 13.8 Å². The quantitative estimate of drug-likeness (QED) is 0.816. The third-order valence-corrected chi connectivity index (χ3v) is 4.51. The smallest absolute Gasteiger partial charge is 0.105 e. The van der Waals surface area contributed by atoms with Crippen LogP contribution >= 0.6 is 0 Å². The average molecular weight is 251 g/mol. The van der Waals surface area contributed by atoms with Gasteiger partial charge in [0.1, 0.15) is 5.54 Å². The Balaban J connectivity index is 2.64. The van der Waals surface area contributed by atoms with Crippen molar-refractivity contribution in [3.8, 4) is 6.07 Å². The molecular weight excluding hydrogens is 222 g/mol. The minimum Gasteiger partial charge on any atom is -0.300 e. The van der Waals surface area contributed by atoms with E-state index in [4.69, 9.17) is 0 Å². The first-order valence-corrected chi connectivity index (χ1v) is 7.35. The fourth-order valence-electron chi connectivity index (χ4n) is 3.24. The van der Waals surface area contributed by atoms with E-state index in [1.54, 1.807) is 0 Å². The summed E-state index contributed by atoms with van der Waals surface area (Å²) in [5.74, 6) is 0.772. The molecule has 0 radical (unpaired) electrons. The Bertz CT molecular complexity index is 297. The molecule has 4 unspecified atom stereocenters. The lowest BCUT2D eigenvalue weighted by Gasteiger charge is -2.43. The number of nitrogens with one attached hydrogen (secondary N) is 1. The van der Waals surface area contributed by atoms with Gasteiger partial charge in [0.15, 0.2) is 0 Å². The highest BCUT2D eigenvalue weighted by atomic mass is 15.2. The SMILES string of the molecule is CCNC(C)(C#N)CC(C)N1CCCC(C)C1C. The number of rotatable bonds is 5. The summed E-state index contributed by atoms with van der Waals surface area (Å²) in [5, 5.41) is 12.7. The molecule has 3 nitrogen and oxygen atoms in total. The molecule has 1 saturated heterocycles. The predicted octanol–water partition coefficient (Wildman–Crippen LogP) is 2.78. The van der Waals surface area contributed by atoms with Gasteiger partial charge in [-0.3, -0.25) is 10.2 Å². The van der Waals surface area contributed by atoms with E-state index in [1.807, 2.05) is 6.92 Å². The Morgan fingerprint density at radius 1 is 1.50 bits per heavy atom. The molecule has 0 aromatic heterocycles. The van der Waals surface area contributed by atoms with Gasteiger partial charge in [-0.2, -0.15) is 5.26 Å². The van der Waals surface area contributed by atoms with Crippen LogP contribution in [-0.2, 0) is 0 Å². The number of nitriles is 1. The minimum atomic E-state index is -0.394. The molecule has 0 aromatic rings. The lowest BCUT2D eigenvalue weighted by molar-refractivity contribution is 0.0634. The molecule has 1 N–H and O–H groups in total. The molecule has 0 amide bonds. The summed E-state index contributed by atoms with van der Waals surface area (Å²) in [6, 6.07) is 3.54. The summed E-state index contributed by atoms with van der Waals surface area (Å²) in [6.45, 7) is 13.1. The zero-order chi connectivity index (χ0) is 13.8. The highest BCUT2D eigenvalue weighted by molar-refractivity contribution is 5.05. The van der Waals surface area contributed by atoms with Crippen LogP contribution in [0.4, 0.5) is 0 Å². The van der Waals surface area contributed by atoms with E-state index in [1.165, 1.54) is 19.4 Å². The maximum absolute atomic E-state index is 9.35. The zero-order valence-electron chi connectivity index (χ0n) is 12.7. The largest absolute Gasteiger partial charge is 0.300 e. The third-order valence-electron chi connectivity index (χ3n) is 4.51. The van der Waals surface area contributed by atoms with Crippen LogP contribution in [-0.4, -0.2) is 35.6 Å². The zero-order valence-corrected chi connectivity index (χ0v) is 12.7. The second kappa shape index (κ2) is 6.54. The van der Waals surface area contributed by atoms with Gasteiger partial charge in [0.2, 0.25) is 0 Å². The van der Waals surface area contributed by atoms with Crippen molar-refractivity contribution in [2.75, 3.05) is 13.1 Å². The molecule has 0 bridgehead atoms. The predicted molar refractivity (Wildman–Crippen MR) is 76.3 cm³/mol. The lowest BCUT2D eigenvalue weighted by Crippen LogP contribution is -2.52. The van der Waals surface area contributed by atoms with Crippen LogP contribution in [0.2, 0.25) is 0 Å². The van der Waals surface area contributed by atoms with Crippen molar-refractivity contribution in [3.05, 3.63) is 0 Å². The van der Waals surface area contributed by atoms with Gasteiger partial charge >= 0.3 is 0 Å². The molecule has 3 heteroatoms. The number of piperidine rings is 1. The molecular formula is C15H29N3. The van der Waals surface area contributed by atoms with Crippen molar-refractivity contribution in [2.45, 2.75) is 71.5 Å². The summed E-state index contributed by atoms with van der Waals surface area (Å²) < 4.78 is 0. The second-order valence-electron chi connectivity index (χ2n) is 6.13. The fraction of sp³-hybridized carbons (Fsp3) is 0.933. The highest BCUT2D eigenvalue weighted by Gasteiger charge is 2.33. The molecule has 18 heavy (non-hydrogen) atoms. The van der Waals surface area contributed by atoms with Gasteiger partial charge in [0.25, 0.3) is 0 Å². The van der Waals surface area contributed by atoms with E-state index >= 15 is 0 Å². The highest BCUT2D eigenvalue weighted by Crippen LogP contribution is 2.27. The molecule has 1 aliphatic heterocycles. The molecule has 0 saturated carbocycles. The van der Waals surface area contributed by atoms with Crippen LogP contribution in [0.25, 0.3) is 0 Å². The summed E-state index contributed by atoms with van der Waals surface area (Å²) in [6.07, 6.45) is 3.53. The summed E-state index contributed by atoms with van der Waals surface area (Å²) in [4.78, 5) is 2.58. The van der Waals surface area contributed by atoms with Gasteiger partial charge in [0.05, 0.1) is 6.07 Å². The first-order valence-electron chi connectivity index (χ1n) is 7.35. The Hall–Kier alpha value is -0.590. The van der Waals surface area contributed by atoms with Crippen molar-refractivity contribution >= 4 is 0 Å². The van der Waals surface area contributed by atoms with E-state index in [-0.39, 0.29) is 0 Å². The maximum Gasteiger partial charge on any atom is 0.105 e. The van der Waals surface area contributed by atoms with E-state index in [9.17, 15) is 5.26 Å². The van der Waals surface area contributed by atoms with E-state index in [0.29, 0.717) is 12.1 Å². The van der Waals surface area contributed by atoms with Crippen molar-refractivity contribution in [2.24, 2.45) is 5.92 Å². The summed E-state index contributed by atoms with van der Waals surface area (Å²) in [7, 11) is 0. The first kappa shape index (κ1) is 15.5. The van der Waals surface area contributed by atoms with Crippen molar-refractivity contribution in [1.29, 1.82) is 5.26 Å². The fourth-order valence-corrected chi connectivity index (χ4v) is 3.24. The van der Waals surface area contributed by atoms with E-state index in [0.717, 1.165) is 18.9 Å². The van der Waals surface area contributed by atoms with Crippen molar-refractivity contribution < 1.29 is 0 Å². The Morgan fingerprint density at radius 3 is 2.72 bits per heavy atom. The van der Waals surface area contributed by atoms with Crippen LogP contribution in [0.1, 0.15) is 53.9 Å². The molecule has 0 spiro atoms. The molecule has 0 aromatic carbocycles. The minimum absolute atomic E-state index is 0.394. The Labute approximate surface area is 113 Å². The molecule has 1 rings (SSSR count). The molecule has 4 atom stereocenters. The number of hydrogen-bond donors (Lipinski definition) is 1. The van der Waals surface area contributed by atoms with Crippen molar-refractivity contribution in [1.82, 2.24) is 10.2 Å². The maximum atomic E-state index is 9.35. The van der Waals surface area contributed by atoms with Gasteiger partial charge in [-0.25, -0.2) is 0 Å². The first-order chi connectivity index (χ1) is 8.43. The molecule has 1 fully saturated rings. The third kappa shape index (κ3) is 3.70. The summed E-state index contributed by atoms with van der Waals surface area (Å²) >= 11 is 0. The van der Waals surface area contributed by atoms with E-state index < -0.39 is 5.54 Å². The van der Waals surface area contributed by atoms with Crippen LogP contribution in [0.15, 0.2) is 0 Å². The standard InChI is InChI=1S/C15H29N3/c1-6-17-15(5,11-16)10-13(3)18-9-7-8-12(2)14(18)4/h12-14,17H,6-10H2,1-5H3. The van der Waals surface area contributed by atoms with Crippen molar-refractivity contribution in [3.63, 3.8) is 0 Å². The number of hydrogen-bond acceptors (Lipinski definition) is 3. The molecule has 104 valence electrons. The Morgan fingerprint density at radius 2 is 2.17 bits per heavy atom. The summed E-state index contributed by atoms with van der Waals surface area (Å²) in [5.41, 5.74) is -0.394. The van der Waals surface area contributed by atoms with Gasteiger partial charge < -0.3 is 0 Å². The Kier molecular flexibility index (Phi) is 5.62. The monoisotopic (exact) mass is 251 g/mol. The van der Waals surface area contributed by atoms with Crippen LogP contribution in [0.5, 0.6) is 0 Å². The van der Waals surface area contributed by atoms with Gasteiger partial charge in [0, 0.05) is 12.1 Å². The van der Waals surface area contributed by atoms with Crippen LogP contribution < -0.4 is 5.32 Å². The van der Waals surface area contributed by atoms with Crippen LogP contribution in [0, 0.1) is 17.2 Å². The number of likely N-dealkylation sites (tertiary alicyclic amines) is 1. The van der Waals surface area contributed by atoms with Gasteiger partial charge in [-0.15, -0.1) is 0 Å². The molecule has 1 heterocycles. The second-order valence-corrected chi connectivity index (χ2v) is 6.13. The topological polar surface area (TPSA) is 39.1 Å². The number of nitrogens with zero attached hydrogens (tertiary/aromatic N) is 2.